The topological polar surface area (TPSA) is 57.6 Å². The van der Waals surface area contributed by atoms with Gasteiger partial charge in [0.2, 0.25) is 0 Å². The van der Waals surface area contributed by atoms with Gasteiger partial charge in [-0.2, -0.15) is 0 Å². The van der Waals surface area contributed by atoms with Crippen LogP contribution < -0.4 is 0 Å². The van der Waals surface area contributed by atoms with Gasteiger partial charge in [0.25, 0.3) is 5.91 Å². The molecule has 1 N–H and O–H groups in total. The van der Waals surface area contributed by atoms with Crippen molar-refractivity contribution < 1.29 is 14.7 Å². The first kappa shape index (κ1) is 15.5. The molecule has 1 atom stereocenters. The third-order valence-electron chi connectivity index (χ3n) is 3.11. The van der Waals surface area contributed by atoms with Gasteiger partial charge in [-0.3, -0.25) is 9.59 Å². The summed E-state index contributed by atoms with van der Waals surface area (Å²) in [6.45, 7) is 5.22. The summed E-state index contributed by atoms with van der Waals surface area (Å²) in [6.07, 6.45) is 0.683. The minimum atomic E-state index is -1.03. The van der Waals surface area contributed by atoms with Crippen molar-refractivity contribution in [2.75, 3.05) is 6.54 Å². The second kappa shape index (κ2) is 6.57. The van der Waals surface area contributed by atoms with Gasteiger partial charge in [-0.1, -0.05) is 30.7 Å². The number of hydrogen-bond acceptors (Lipinski definition) is 2. The molecule has 19 heavy (non-hydrogen) atoms. The van der Waals surface area contributed by atoms with E-state index in [0.29, 0.717) is 17.0 Å². The highest BCUT2D eigenvalue weighted by atomic mass is 35.5. The molecule has 0 fully saturated rings. The quantitative estimate of drug-likeness (QED) is 0.904. The van der Waals surface area contributed by atoms with Gasteiger partial charge >= 0.3 is 5.97 Å². The van der Waals surface area contributed by atoms with E-state index in [1.54, 1.807) is 12.1 Å². The molecule has 5 heteroatoms. The molecule has 0 aromatic heterocycles. The molecule has 1 aromatic carbocycles. The Bertz CT molecular complexity index is 488. The first-order chi connectivity index (χ1) is 8.88. The Labute approximate surface area is 118 Å². The second-order valence-electron chi connectivity index (χ2n) is 4.52. The zero-order chi connectivity index (χ0) is 14.6. The molecule has 0 spiro atoms. The third-order valence-corrected chi connectivity index (χ3v) is 3.61. The molecule has 0 heterocycles. The number of carboxylic acid groups (broad SMARTS) is 1. The maximum atomic E-state index is 12.4. The third kappa shape index (κ3) is 3.70. The van der Waals surface area contributed by atoms with E-state index >= 15 is 0 Å². The molecule has 1 rings (SSSR count). The van der Waals surface area contributed by atoms with Crippen LogP contribution in [0.5, 0.6) is 0 Å². The molecule has 4 nitrogen and oxygen atoms in total. The van der Waals surface area contributed by atoms with Crippen molar-refractivity contribution in [3.63, 3.8) is 0 Å². The predicted molar refractivity (Wildman–Crippen MR) is 74.6 cm³/mol. The molecule has 104 valence electrons. The fraction of sp³-hybridized carbons (Fsp3) is 0.429. The summed E-state index contributed by atoms with van der Waals surface area (Å²) in [5.41, 5.74) is 1.15. The summed E-state index contributed by atoms with van der Waals surface area (Å²) < 4.78 is 0. The summed E-state index contributed by atoms with van der Waals surface area (Å²) in [7, 11) is 0. The van der Waals surface area contributed by atoms with Gasteiger partial charge in [-0.05, 0) is 31.9 Å². The highest BCUT2D eigenvalue weighted by molar-refractivity contribution is 6.34. The van der Waals surface area contributed by atoms with E-state index in [9.17, 15) is 9.59 Å². The van der Waals surface area contributed by atoms with Crippen LogP contribution in [0.3, 0.4) is 0 Å². The normalized spacial score (nSPS) is 12.0. The number of carbonyl (C=O) groups excluding carboxylic acids is 1. The molecule has 0 saturated heterocycles. The summed E-state index contributed by atoms with van der Waals surface area (Å²) in [4.78, 5) is 24.7. The second-order valence-corrected chi connectivity index (χ2v) is 4.90. The van der Waals surface area contributed by atoms with Crippen LogP contribution in [0.25, 0.3) is 0 Å². The Hall–Kier alpha value is -1.55. The van der Waals surface area contributed by atoms with Crippen LogP contribution in [0.1, 0.15) is 36.2 Å². The van der Waals surface area contributed by atoms with Crippen LogP contribution in [0.4, 0.5) is 0 Å². The lowest BCUT2D eigenvalue weighted by atomic mass is 10.1. The molecular weight excluding hydrogens is 266 g/mol. The largest absolute Gasteiger partial charge is 0.480 e. The number of benzene rings is 1. The highest BCUT2D eigenvalue weighted by Crippen LogP contribution is 2.22. The standard InChI is InChI=1S/C14H18ClNO3/c1-4-10(3)16(8-12(17)18)14(19)11-7-5-6-9(2)13(11)15/h5-7,10H,4,8H2,1-3H3,(H,17,18). The molecule has 0 aliphatic carbocycles. The van der Waals surface area contributed by atoms with Crippen LogP contribution >= 0.6 is 11.6 Å². The molecular formula is C14H18ClNO3. The fourth-order valence-corrected chi connectivity index (χ4v) is 1.97. The Morgan fingerprint density at radius 1 is 1.42 bits per heavy atom. The maximum Gasteiger partial charge on any atom is 0.323 e. The minimum absolute atomic E-state index is 0.153. The number of aryl methyl sites for hydroxylation is 1. The number of amides is 1. The molecule has 0 aliphatic rings. The van der Waals surface area contributed by atoms with Crippen molar-refractivity contribution in [2.24, 2.45) is 0 Å². The summed E-state index contributed by atoms with van der Waals surface area (Å²) >= 11 is 6.12. The minimum Gasteiger partial charge on any atom is -0.480 e. The lowest BCUT2D eigenvalue weighted by molar-refractivity contribution is -0.138. The summed E-state index contributed by atoms with van der Waals surface area (Å²) in [6, 6.07) is 5.02. The highest BCUT2D eigenvalue weighted by Gasteiger charge is 2.24. The molecule has 0 saturated carbocycles. The van der Waals surface area contributed by atoms with Gasteiger partial charge in [-0.15, -0.1) is 0 Å². The number of carbonyl (C=O) groups is 2. The van der Waals surface area contributed by atoms with E-state index in [0.717, 1.165) is 5.56 Å². The number of hydrogen-bond donors (Lipinski definition) is 1. The lowest BCUT2D eigenvalue weighted by Crippen LogP contribution is -2.42. The van der Waals surface area contributed by atoms with Gasteiger partial charge in [-0.25, -0.2) is 0 Å². The number of nitrogens with zero attached hydrogens (tertiary/aromatic N) is 1. The predicted octanol–water partition coefficient (Wildman–Crippen LogP) is 2.97. The van der Waals surface area contributed by atoms with E-state index in [1.807, 2.05) is 26.8 Å². The van der Waals surface area contributed by atoms with Crippen LogP contribution in [-0.2, 0) is 4.79 Å². The van der Waals surface area contributed by atoms with Crippen LogP contribution in [-0.4, -0.2) is 34.5 Å². The average Bonchev–Trinajstić information content (AvgIpc) is 2.37. The van der Waals surface area contributed by atoms with Gasteiger partial charge in [0.05, 0.1) is 10.6 Å². The number of carboxylic acids is 1. The monoisotopic (exact) mass is 283 g/mol. The average molecular weight is 284 g/mol. The first-order valence-corrected chi connectivity index (χ1v) is 6.54. The van der Waals surface area contributed by atoms with Gasteiger partial charge in [0.15, 0.2) is 0 Å². The molecule has 1 amide bonds. The van der Waals surface area contributed by atoms with Crippen molar-refractivity contribution in [3.05, 3.63) is 34.3 Å². The fourth-order valence-electron chi connectivity index (χ4n) is 1.76. The number of rotatable bonds is 5. The van der Waals surface area contributed by atoms with Crippen LogP contribution in [0, 0.1) is 6.92 Å². The zero-order valence-corrected chi connectivity index (χ0v) is 12.1. The Morgan fingerprint density at radius 2 is 2.05 bits per heavy atom. The zero-order valence-electron chi connectivity index (χ0n) is 11.3. The van der Waals surface area contributed by atoms with E-state index in [2.05, 4.69) is 0 Å². The maximum absolute atomic E-state index is 12.4. The smallest absolute Gasteiger partial charge is 0.323 e. The lowest BCUT2D eigenvalue weighted by Gasteiger charge is -2.27. The molecule has 1 unspecified atom stereocenters. The SMILES string of the molecule is CCC(C)N(CC(=O)O)C(=O)c1cccc(C)c1Cl. The first-order valence-electron chi connectivity index (χ1n) is 6.16. The van der Waals surface area contributed by atoms with Gasteiger partial charge < -0.3 is 10.0 Å². The van der Waals surface area contributed by atoms with Crippen LogP contribution in [0.15, 0.2) is 18.2 Å². The molecule has 0 bridgehead atoms. The summed E-state index contributed by atoms with van der Waals surface area (Å²) in [5.74, 6) is -1.37. The van der Waals surface area contributed by atoms with Crippen molar-refractivity contribution in [1.82, 2.24) is 4.90 Å². The van der Waals surface area contributed by atoms with Crippen molar-refractivity contribution >= 4 is 23.5 Å². The Morgan fingerprint density at radius 3 is 2.58 bits per heavy atom. The Kier molecular flexibility index (Phi) is 5.36. The molecule has 0 aliphatic heterocycles. The van der Waals surface area contributed by atoms with E-state index < -0.39 is 5.97 Å². The van der Waals surface area contributed by atoms with Gasteiger partial charge in [0, 0.05) is 6.04 Å². The van der Waals surface area contributed by atoms with E-state index in [4.69, 9.17) is 16.7 Å². The van der Waals surface area contributed by atoms with E-state index in [1.165, 1.54) is 4.90 Å². The number of aliphatic carboxylic acids is 1. The van der Waals surface area contributed by atoms with E-state index in [-0.39, 0.29) is 18.5 Å². The number of halogens is 1. The van der Waals surface area contributed by atoms with Crippen molar-refractivity contribution in [2.45, 2.75) is 33.2 Å². The van der Waals surface area contributed by atoms with Crippen molar-refractivity contribution in [3.8, 4) is 0 Å². The van der Waals surface area contributed by atoms with Gasteiger partial charge in [0.1, 0.15) is 6.54 Å². The molecule has 1 aromatic rings. The van der Waals surface area contributed by atoms with Crippen LogP contribution in [0.2, 0.25) is 5.02 Å². The Balaban J connectivity index is 3.11. The van der Waals surface area contributed by atoms with Crippen molar-refractivity contribution in [1.29, 1.82) is 0 Å². The summed E-state index contributed by atoms with van der Waals surface area (Å²) in [5, 5.41) is 9.30. The molecule has 0 radical (unpaired) electrons.